The molecule has 120 valence electrons. The van der Waals surface area contributed by atoms with Gasteiger partial charge in [0.15, 0.2) is 0 Å². The summed E-state index contributed by atoms with van der Waals surface area (Å²) in [5, 5.41) is 0.761. The number of hydrogen-bond donors (Lipinski definition) is 0. The summed E-state index contributed by atoms with van der Waals surface area (Å²) < 4.78 is 24.8. The van der Waals surface area contributed by atoms with Crippen LogP contribution in [0.3, 0.4) is 0 Å². The Morgan fingerprint density at radius 1 is 1.32 bits per heavy atom. The highest BCUT2D eigenvalue weighted by atomic mass is 79.9. The van der Waals surface area contributed by atoms with Gasteiger partial charge < -0.3 is 18.9 Å². The van der Waals surface area contributed by atoms with Crippen LogP contribution in [0, 0.1) is 16.7 Å². The van der Waals surface area contributed by atoms with Gasteiger partial charge in [-0.2, -0.15) is 0 Å². The molecule has 0 aromatic carbocycles. The molecule has 6 heteroatoms. The van der Waals surface area contributed by atoms with Crippen LogP contribution in [-0.4, -0.2) is 53.0 Å². The van der Waals surface area contributed by atoms with Crippen LogP contribution in [0.25, 0.3) is 0 Å². The maximum atomic E-state index is 12.6. The molecule has 4 bridgehead atoms. The van der Waals surface area contributed by atoms with Gasteiger partial charge in [-0.15, -0.1) is 0 Å². The van der Waals surface area contributed by atoms with Crippen molar-refractivity contribution in [3.63, 3.8) is 0 Å². The van der Waals surface area contributed by atoms with Crippen molar-refractivity contribution in [3.05, 3.63) is 0 Å². The molecule has 6 fully saturated rings. The van der Waals surface area contributed by atoms with Crippen molar-refractivity contribution in [2.75, 3.05) is 11.9 Å². The third-order valence-electron chi connectivity index (χ3n) is 8.06. The zero-order valence-electron chi connectivity index (χ0n) is 12.8. The summed E-state index contributed by atoms with van der Waals surface area (Å²) >= 11 is 3.66. The fourth-order valence-corrected chi connectivity index (χ4v) is 7.75. The third-order valence-corrected chi connectivity index (χ3v) is 9.17. The molecular weight excluding hydrogens is 352 g/mol. The van der Waals surface area contributed by atoms with Crippen LogP contribution in [-0.2, 0) is 23.7 Å². The fourth-order valence-electron chi connectivity index (χ4n) is 7.29. The number of alkyl halides is 1. The van der Waals surface area contributed by atoms with Crippen LogP contribution in [0.2, 0.25) is 0 Å². The molecule has 0 amide bonds. The number of carbonyl (C=O) groups excluding carboxylic acids is 1. The number of esters is 1. The average Bonchev–Trinajstić information content (AvgIpc) is 2.88. The largest absolute Gasteiger partial charge is 0.457 e. The first-order chi connectivity index (χ1) is 10.3. The lowest BCUT2D eigenvalue weighted by Crippen LogP contribution is -2.66. The van der Waals surface area contributed by atoms with E-state index < -0.39 is 16.6 Å². The topological polar surface area (TPSA) is 57.3 Å². The van der Waals surface area contributed by atoms with Crippen LogP contribution in [0.5, 0.6) is 0 Å². The molecule has 6 aliphatic rings. The summed E-state index contributed by atoms with van der Waals surface area (Å²) in [6.45, 7) is 7.28. The molecule has 0 N–H and O–H groups in total. The highest BCUT2D eigenvalue weighted by molar-refractivity contribution is 9.09. The number of ether oxygens (including phenoxy) is 4. The van der Waals surface area contributed by atoms with Crippen molar-refractivity contribution >= 4 is 21.9 Å². The maximum Gasteiger partial charge on any atom is 0.342 e. The van der Waals surface area contributed by atoms with E-state index in [-0.39, 0.29) is 41.2 Å². The van der Waals surface area contributed by atoms with E-state index in [0.717, 1.165) is 11.8 Å². The van der Waals surface area contributed by atoms with E-state index in [9.17, 15) is 4.79 Å². The van der Waals surface area contributed by atoms with Gasteiger partial charge in [-0.3, -0.25) is 0 Å². The molecule has 2 aliphatic carbocycles. The van der Waals surface area contributed by atoms with E-state index in [1.807, 2.05) is 0 Å². The molecule has 4 heterocycles. The lowest BCUT2D eigenvalue weighted by molar-refractivity contribution is -0.204. The first-order valence-electron chi connectivity index (χ1n) is 8.07. The molecular formula is C16H19BrO5. The molecule has 9 atom stereocenters. The number of halogens is 1. The molecule has 4 aliphatic heterocycles. The summed E-state index contributed by atoms with van der Waals surface area (Å²) in [6, 6.07) is 0. The number of carbonyl (C=O) groups is 1. The predicted molar refractivity (Wildman–Crippen MR) is 77.6 cm³/mol. The molecule has 22 heavy (non-hydrogen) atoms. The van der Waals surface area contributed by atoms with Crippen LogP contribution in [0.4, 0.5) is 0 Å². The lowest BCUT2D eigenvalue weighted by Gasteiger charge is -2.53. The Bertz CT molecular complexity index is 654. The monoisotopic (exact) mass is 370 g/mol. The second kappa shape index (κ2) is 3.05. The summed E-state index contributed by atoms with van der Waals surface area (Å²) in [4.78, 5) is 12.6. The lowest BCUT2D eigenvalue weighted by atomic mass is 9.48. The maximum absolute atomic E-state index is 12.6. The third kappa shape index (κ3) is 0.834. The number of hydrogen-bond acceptors (Lipinski definition) is 5. The predicted octanol–water partition coefficient (Wildman–Crippen LogP) is 1.42. The van der Waals surface area contributed by atoms with Gasteiger partial charge >= 0.3 is 5.97 Å². The highest BCUT2D eigenvalue weighted by Gasteiger charge is 2.99. The molecule has 7 unspecified atom stereocenters. The highest BCUT2D eigenvalue weighted by Crippen LogP contribution is 2.84. The van der Waals surface area contributed by atoms with Gasteiger partial charge in [-0.25, -0.2) is 4.79 Å². The molecule has 2 saturated carbocycles. The Morgan fingerprint density at radius 3 is 2.82 bits per heavy atom. The van der Waals surface area contributed by atoms with Gasteiger partial charge in [0.05, 0.1) is 23.2 Å². The van der Waals surface area contributed by atoms with Crippen molar-refractivity contribution in [2.24, 2.45) is 16.7 Å². The number of fused-ring (bicyclic) bond motifs is 1. The molecule has 0 aromatic heterocycles. The van der Waals surface area contributed by atoms with Gasteiger partial charge in [-0.05, 0) is 13.8 Å². The first-order valence-corrected chi connectivity index (χ1v) is 9.20. The minimum atomic E-state index is -0.784. The Morgan fingerprint density at radius 2 is 2.09 bits per heavy atom. The number of rotatable bonds is 1. The van der Waals surface area contributed by atoms with Crippen molar-refractivity contribution < 1.29 is 23.7 Å². The van der Waals surface area contributed by atoms with E-state index in [4.69, 9.17) is 18.9 Å². The Hall–Kier alpha value is -0.170. The van der Waals surface area contributed by atoms with E-state index in [1.54, 1.807) is 0 Å². The van der Waals surface area contributed by atoms with Crippen molar-refractivity contribution in [1.82, 2.24) is 0 Å². The Balaban J connectivity index is 1.69. The van der Waals surface area contributed by atoms with E-state index in [1.165, 1.54) is 0 Å². The smallest absolute Gasteiger partial charge is 0.342 e. The standard InChI is InChI=1S/C16H19BrO5/c1-12-6-19-8-9(12)13(2,5-17)22-15(12)4-7-16(21-7)11(18)20-10(8)14(15,16)3/h7-10H,4-6H2,1-3H3/t7-,8?,9?,10?,12?,13?,14?,15?,16+/m1/s1. The minimum Gasteiger partial charge on any atom is -0.457 e. The second-order valence-electron chi connectivity index (χ2n) is 8.62. The van der Waals surface area contributed by atoms with Gasteiger partial charge in [0.2, 0.25) is 5.60 Å². The van der Waals surface area contributed by atoms with Crippen LogP contribution >= 0.6 is 15.9 Å². The van der Waals surface area contributed by atoms with Gasteiger partial charge in [0.25, 0.3) is 0 Å². The zero-order valence-corrected chi connectivity index (χ0v) is 14.4. The molecule has 0 radical (unpaired) electrons. The minimum absolute atomic E-state index is 0.0514. The Kier molecular flexibility index (Phi) is 1.82. The molecule has 5 nitrogen and oxygen atoms in total. The van der Waals surface area contributed by atoms with Crippen molar-refractivity contribution in [1.29, 1.82) is 0 Å². The zero-order chi connectivity index (χ0) is 15.3. The first kappa shape index (κ1) is 13.2. The summed E-state index contributed by atoms with van der Waals surface area (Å²) in [7, 11) is 0. The quantitative estimate of drug-likeness (QED) is 0.397. The molecule has 4 saturated heterocycles. The number of epoxide rings is 1. The van der Waals surface area contributed by atoms with E-state index in [0.29, 0.717) is 6.61 Å². The van der Waals surface area contributed by atoms with Crippen LogP contribution < -0.4 is 0 Å². The average molecular weight is 371 g/mol. The molecule has 0 aromatic rings. The van der Waals surface area contributed by atoms with Crippen molar-refractivity contribution in [3.8, 4) is 0 Å². The van der Waals surface area contributed by atoms with Crippen LogP contribution in [0.15, 0.2) is 0 Å². The normalized spacial score (nSPS) is 72.3. The van der Waals surface area contributed by atoms with E-state index in [2.05, 4.69) is 36.7 Å². The van der Waals surface area contributed by atoms with Gasteiger partial charge in [0, 0.05) is 23.1 Å². The van der Waals surface area contributed by atoms with Crippen molar-refractivity contribution in [2.45, 2.75) is 62.3 Å². The fraction of sp³-hybridized carbons (Fsp3) is 0.938. The summed E-state index contributed by atoms with van der Waals surface area (Å²) in [6.07, 6.45) is 0.374. The van der Waals surface area contributed by atoms with Gasteiger partial charge in [-0.1, -0.05) is 22.9 Å². The summed E-state index contributed by atoms with van der Waals surface area (Å²) in [5.74, 6) is 0.0364. The molecule has 6 rings (SSSR count). The Labute approximate surface area is 137 Å². The second-order valence-corrected chi connectivity index (χ2v) is 9.18. The SMILES string of the molecule is CC1(CBr)OC23C[C@H]4O[C@]45C(=O)OC(C4OCC2(C)C41)C35C. The van der Waals surface area contributed by atoms with E-state index >= 15 is 0 Å². The summed E-state index contributed by atoms with van der Waals surface area (Å²) in [5.41, 5.74) is -2.03. The van der Waals surface area contributed by atoms with Crippen LogP contribution in [0.1, 0.15) is 27.2 Å². The van der Waals surface area contributed by atoms with Gasteiger partial charge in [0.1, 0.15) is 18.3 Å². The molecule has 2 spiro atoms.